The average Bonchev–Trinajstić information content (AvgIpc) is 2.67. The number of fused-ring (bicyclic) bond motifs is 1. The molecule has 8 heteroatoms. The van der Waals surface area contributed by atoms with E-state index >= 15 is 0 Å². The van der Waals surface area contributed by atoms with Gasteiger partial charge in [-0.1, -0.05) is 11.6 Å². The number of carbonyl (C=O) groups excluding carboxylic acids is 2. The smallest absolute Gasteiger partial charge is 0.245 e. The number of amides is 2. The summed E-state index contributed by atoms with van der Waals surface area (Å²) < 4.78 is 24.4. The first-order valence-electron chi connectivity index (χ1n) is 6.69. The minimum absolute atomic E-state index is 0.183. The van der Waals surface area contributed by atoms with Gasteiger partial charge in [0.2, 0.25) is 11.8 Å². The first-order chi connectivity index (χ1) is 10.1. The second kappa shape index (κ2) is 5.89. The largest absolute Gasteiger partial charge is 0.345 e. The molecule has 120 valence electrons. The van der Waals surface area contributed by atoms with Crippen molar-refractivity contribution in [3.8, 4) is 0 Å². The maximum absolute atomic E-state index is 12.4. The molecule has 0 bridgehead atoms. The first-order valence-corrected chi connectivity index (χ1v) is 8.72. The summed E-state index contributed by atoms with van der Waals surface area (Å²) >= 11 is 5.94. The summed E-state index contributed by atoms with van der Waals surface area (Å²) in [6.07, 6.45) is 0. The molecule has 0 spiro atoms. The maximum Gasteiger partial charge on any atom is 0.245 e. The molecular weight excluding hydrogens is 328 g/mol. The van der Waals surface area contributed by atoms with Gasteiger partial charge in [0.25, 0.3) is 0 Å². The van der Waals surface area contributed by atoms with Crippen LogP contribution in [0, 0.1) is 0 Å². The van der Waals surface area contributed by atoms with Crippen LogP contribution in [0.1, 0.15) is 25.5 Å². The van der Waals surface area contributed by atoms with Gasteiger partial charge in [-0.15, -0.1) is 0 Å². The third-order valence-electron chi connectivity index (χ3n) is 3.65. The lowest BCUT2D eigenvalue weighted by atomic mass is 10.1. The van der Waals surface area contributed by atoms with E-state index in [1.165, 1.54) is 31.0 Å². The summed E-state index contributed by atoms with van der Waals surface area (Å²) in [7, 11) is -1.91. The number of nitrogens with zero attached hydrogens (tertiary/aromatic N) is 1. The Labute approximate surface area is 134 Å². The molecule has 0 saturated heterocycles. The number of rotatable bonds is 3. The summed E-state index contributed by atoms with van der Waals surface area (Å²) in [5.74, 6) is -0.863. The minimum atomic E-state index is -3.44. The molecule has 1 aromatic rings. The van der Waals surface area contributed by atoms with Crippen LogP contribution in [0.3, 0.4) is 0 Å². The fourth-order valence-corrected chi connectivity index (χ4v) is 4.60. The molecule has 22 heavy (non-hydrogen) atoms. The van der Waals surface area contributed by atoms with E-state index in [0.29, 0.717) is 10.6 Å². The number of carbonyl (C=O) groups is 2. The maximum atomic E-state index is 12.4. The highest BCUT2D eigenvalue weighted by Gasteiger charge is 2.39. The van der Waals surface area contributed by atoms with Gasteiger partial charge in [0.05, 0.1) is 16.7 Å². The quantitative estimate of drug-likeness (QED) is 0.891. The molecule has 0 aliphatic carbocycles. The van der Waals surface area contributed by atoms with Gasteiger partial charge in [0.1, 0.15) is 6.04 Å². The molecule has 2 amide bonds. The predicted molar refractivity (Wildman–Crippen MR) is 82.3 cm³/mol. The summed E-state index contributed by atoms with van der Waals surface area (Å²) in [5, 5.41) is 2.91. The standard InChI is InChI=1S/C14H17ClN2O4S/c1-8(16-9(2)18)14(19)17(3)12-7-22(20,21)13-5-4-10(15)6-11(12)13/h4-6,8,12H,7H2,1-3H3,(H,16,18)/t8-,12-/m0/s1. The normalized spacial score (nSPS) is 20.1. The molecule has 1 aliphatic rings. The highest BCUT2D eigenvalue weighted by atomic mass is 35.5. The van der Waals surface area contributed by atoms with Crippen molar-refractivity contribution >= 4 is 33.3 Å². The highest BCUT2D eigenvalue weighted by Crippen LogP contribution is 2.38. The molecule has 1 aromatic carbocycles. The minimum Gasteiger partial charge on any atom is -0.345 e. The second-order valence-corrected chi connectivity index (χ2v) is 7.79. The Morgan fingerprint density at radius 3 is 2.64 bits per heavy atom. The number of benzene rings is 1. The number of hydrogen-bond acceptors (Lipinski definition) is 4. The molecule has 2 atom stereocenters. The van der Waals surface area contributed by atoms with Gasteiger partial charge in [-0.3, -0.25) is 9.59 Å². The van der Waals surface area contributed by atoms with E-state index in [0.717, 1.165) is 0 Å². The van der Waals surface area contributed by atoms with Crippen LogP contribution in [-0.4, -0.2) is 44.0 Å². The Hall–Kier alpha value is -1.60. The first kappa shape index (κ1) is 16.8. The molecule has 1 N–H and O–H groups in total. The van der Waals surface area contributed by atoms with E-state index in [4.69, 9.17) is 11.6 Å². The lowest BCUT2D eigenvalue weighted by molar-refractivity contribution is -0.136. The number of sulfone groups is 1. The molecule has 1 heterocycles. The van der Waals surface area contributed by atoms with E-state index in [9.17, 15) is 18.0 Å². The van der Waals surface area contributed by atoms with Crippen molar-refractivity contribution < 1.29 is 18.0 Å². The van der Waals surface area contributed by atoms with Crippen LogP contribution in [-0.2, 0) is 19.4 Å². The second-order valence-electron chi connectivity index (χ2n) is 5.35. The van der Waals surface area contributed by atoms with E-state index in [1.54, 1.807) is 13.0 Å². The molecule has 0 saturated carbocycles. The fourth-order valence-electron chi connectivity index (χ4n) is 2.60. The Bertz CT molecular complexity index is 732. The van der Waals surface area contributed by atoms with Crippen molar-refractivity contribution in [2.45, 2.75) is 30.8 Å². The van der Waals surface area contributed by atoms with E-state index in [1.807, 2.05) is 0 Å². The van der Waals surface area contributed by atoms with Crippen LogP contribution in [0.2, 0.25) is 5.02 Å². The van der Waals surface area contributed by atoms with Gasteiger partial charge < -0.3 is 10.2 Å². The number of nitrogens with one attached hydrogen (secondary N) is 1. The number of hydrogen-bond donors (Lipinski definition) is 1. The lowest BCUT2D eigenvalue weighted by Crippen LogP contribution is -2.46. The van der Waals surface area contributed by atoms with Crippen molar-refractivity contribution in [2.24, 2.45) is 0 Å². The van der Waals surface area contributed by atoms with Gasteiger partial charge in [-0.25, -0.2) is 8.42 Å². The third kappa shape index (κ3) is 3.10. The van der Waals surface area contributed by atoms with Gasteiger partial charge in [-0.05, 0) is 30.7 Å². The highest BCUT2D eigenvalue weighted by molar-refractivity contribution is 7.91. The Kier molecular flexibility index (Phi) is 4.49. The van der Waals surface area contributed by atoms with Crippen LogP contribution in [0.5, 0.6) is 0 Å². The summed E-state index contributed by atoms with van der Waals surface area (Å²) in [6, 6.07) is 3.21. The van der Waals surface area contributed by atoms with Crippen molar-refractivity contribution in [2.75, 3.05) is 12.8 Å². The summed E-state index contributed by atoms with van der Waals surface area (Å²) in [5.41, 5.74) is 0.512. The zero-order valence-corrected chi connectivity index (χ0v) is 14.0. The molecule has 6 nitrogen and oxygen atoms in total. The van der Waals surface area contributed by atoms with Crippen molar-refractivity contribution in [3.05, 3.63) is 28.8 Å². The van der Waals surface area contributed by atoms with Crippen molar-refractivity contribution in [3.63, 3.8) is 0 Å². The predicted octanol–water partition coefficient (Wildman–Crippen LogP) is 1.15. The summed E-state index contributed by atoms with van der Waals surface area (Å²) in [4.78, 5) is 25.0. The molecule has 0 aromatic heterocycles. The van der Waals surface area contributed by atoms with Crippen molar-refractivity contribution in [1.82, 2.24) is 10.2 Å². The molecule has 2 rings (SSSR count). The van der Waals surface area contributed by atoms with Crippen LogP contribution < -0.4 is 5.32 Å². The molecule has 0 unspecified atom stereocenters. The molecule has 1 aliphatic heterocycles. The van der Waals surface area contributed by atoms with Crippen LogP contribution in [0.15, 0.2) is 23.1 Å². The van der Waals surface area contributed by atoms with Crippen LogP contribution >= 0.6 is 11.6 Å². The SMILES string of the molecule is CC(=O)N[C@@H](C)C(=O)N(C)[C@H]1CS(=O)(=O)c2ccc(Cl)cc21. The van der Waals surface area contributed by atoms with Gasteiger partial charge in [-0.2, -0.15) is 0 Å². The molecule has 0 radical (unpaired) electrons. The monoisotopic (exact) mass is 344 g/mol. The number of likely N-dealkylation sites (N-methyl/N-ethyl adjacent to an activating group) is 1. The van der Waals surface area contributed by atoms with E-state index < -0.39 is 21.9 Å². The van der Waals surface area contributed by atoms with E-state index in [2.05, 4.69) is 5.32 Å². The zero-order valence-electron chi connectivity index (χ0n) is 12.5. The number of halogens is 1. The third-order valence-corrected chi connectivity index (χ3v) is 5.68. The summed E-state index contributed by atoms with van der Waals surface area (Å²) in [6.45, 7) is 2.88. The Balaban J connectivity index is 2.33. The van der Waals surface area contributed by atoms with Gasteiger partial charge >= 0.3 is 0 Å². The lowest BCUT2D eigenvalue weighted by Gasteiger charge is -2.27. The fraction of sp³-hybridized carbons (Fsp3) is 0.429. The Morgan fingerprint density at radius 1 is 1.41 bits per heavy atom. The zero-order chi connectivity index (χ0) is 16.7. The average molecular weight is 345 g/mol. The topological polar surface area (TPSA) is 83.6 Å². The molecular formula is C14H17ClN2O4S. The van der Waals surface area contributed by atoms with Gasteiger partial charge in [0.15, 0.2) is 9.84 Å². The Morgan fingerprint density at radius 2 is 2.05 bits per heavy atom. The van der Waals surface area contributed by atoms with Gasteiger partial charge in [0, 0.05) is 19.0 Å². The van der Waals surface area contributed by atoms with Crippen LogP contribution in [0.4, 0.5) is 0 Å². The van der Waals surface area contributed by atoms with E-state index in [-0.39, 0.29) is 22.5 Å². The van der Waals surface area contributed by atoms with Crippen LogP contribution in [0.25, 0.3) is 0 Å². The van der Waals surface area contributed by atoms with Crippen molar-refractivity contribution in [1.29, 1.82) is 0 Å². The molecule has 0 fully saturated rings.